The van der Waals surface area contributed by atoms with Crippen molar-refractivity contribution in [2.75, 3.05) is 6.61 Å². The lowest BCUT2D eigenvalue weighted by Gasteiger charge is -2.38. The van der Waals surface area contributed by atoms with Crippen molar-refractivity contribution in [3.63, 3.8) is 0 Å². The molecule has 0 amide bonds. The quantitative estimate of drug-likeness (QED) is 0.204. The van der Waals surface area contributed by atoms with E-state index in [-0.39, 0.29) is 34.6 Å². The number of rotatable bonds is 6. The summed E-state index contributed by atoms with van der Waals surface area (Å²) in [7, 11) is 0. The first-order chi connectivity index (χ1) is 19.0. The van der Waals surface area contributed by atoms with Crippen molar-refractivity contribution < 1.29 is 59.1 Å². The summed E-state index contributed by atoms with van der Waals surface area (Å²) in [5.74, 6) is 0.0988. The van der Waals surface area contributed by atoms with Crippen LogP contribution in [0.25, 0.3) is 22.3 Å². The molecule has 0 spiro atoms. The standard InChI is InChI=1S/C27H30O13/c1-11-23(32)25(34)26(35)27(36-11)38-13-4-2-12(3-5-13)18-8-16(30)22-15(29)6-14(7-19(22)39-18)37-21-9-17(31)24(33)20(10-28)40-21/h2-8,11,17,20-21,23-29,31-35H,9-10H2,1H3/t11-,17-,20-,21-,23-,24+,25+,26+,27-/m1/s1. The fraction of sp³-hybridized carbons (Fsp3) is 0.444. The predicted molar refractivity (Wildman–Crippen MR) is 136 cm³/mol. The number of benzene rings is 2. The zero-order valence-corrected chi connectivity index (χ0v) is 21.2. The zero-order chi connectivity index (χ0) is 28.7. The smallest absolute Gasteiger partial charge is 0.229 e. The summed E-state index contributed by atoms with van der Waals surface area (Å²) in [5, 5.41) is 69.7. The lowest BCUT2D eigenvalue weighted by molar-refractivity contribution is -0.268. The highest BCUT2D eigenvalue weighted by Gasteiger charge is 2.43. The van der Waals surface area contributed by atoms with E-state index in [4.69, 9.17) is 23.4 Å². The Balaban J connectivity index is 1.36. The van der Waals surface area contributed by atoms with Crippen LogP contribution in [0.4, 0.5) is 0 Å². The first-order valence-corrected chi connectivity index (χ1v) is 12.6. The second-order valence-corrected chi connectivity index (χ2v) is 9.81. The van der Waals surface area contributed by atoms with Gasteiger partial charge in [-0.1, -0.05) is 0 Å². The fourth-order valence-electron chi connectivity index (χ4n) is 4.69. The molecule has 0 radical (unpaired) electrons. The van der Waals surface area contributed by atoms with Crippen LogP contribution in [0.5, 0.6) is 17.2 Å². The molecule has 7 N–H and O–H groups in total. The van der Waals surface area contributed by atoms with Crippen molar-refractivity contribution in [2.24, 2.45) is 0 Å². The maximum atomic E-state index is 12.8. The van der Waals surface area contributed by atoms with Gasteiger partial charge in [-0.15, -0.1) is 0 Å². The minimum absolute atomic E-state index is 0.00758. The zero-order valence-electron chi connectivity index (χ0n) is 21.2. The van der Waals surface area contributed by atoms with E-state index >= 15 is 0 Å². The second kappa shape index (κ2) is 11.3. The molecule has 2 fully saturated rings. The third-order valence-corrected chi connectivity index (χ3v) is 6.97. The molecule has 2 saturated heterocycles. The van der Waals surface area contributed by atoms with Crippen LogP contribution in [-0.4, -0.2) is 97.7 Å². The van der Waals surface area contributed by atoms with Gasteiger partial charge in [0.2, 0.25) is 12.6 Å². The summed E-state index contributed by atoms with van der Waals surface area (Å²) in [6, 6.07) is 10.0. The Morgan fingerprint density at radius 2 is 1.60 bits per heavy atom. The summed E-state index contributed by atoms with van der Waals surface area (Å²) in [4.78, 5) is 12.8. The molecule has 1 aromatic heterocycles. The Kier molecular flexibility index (Phi) is 7.99. The average Bonchev–Trinajstić information content (AvgIpc) is 2.92. The van der Waals surface area contributed by atoms with Crippen molar-refractivity contribution in [1.29, 1.82) is 0 Å². The van der Waals surface area contributed by atoms with Gasteiger partial charge in [-0.3, -0.25) is 4.79 Å². The number of aliphatic hydroxyl groups excluding tert-OH is 6. The van der Waals surface area contributed by atoms with Crippen LogP contribution < -0.4 is 14.9 Å². The molecule has 40 heavy (non-hydrogen) atoms. The van der Waals surface area contributed by atoms with Gasteiger partial charge in [0.1, 0.15) is 64.5 Å². The minimum Gasteiger partial charge on any atom is -0.507 e. The van der Waals surface area contributed by atoms with Gasteiger partial charge in [-0.25, -0.2) is 0 Å². The van der Waals surface area contributed by atoms with E-state index in [2.05, 4.69) is 0 Å². The Labute approximate surface area is 227 Å². The highest BCUT2D eigenvalue weighted by atomic mass is 16.7. The summed E-state index contributed by atoms with van der Waals surface area (Å²) in [6.07, 6.45) is -10.9. The summed E-state index contributed by atoms with van der Waals surface area (Å²) in [5.41, 5.74) is -0.0357. The van der Waals surface area contributed by atoms with Crippen molar-refractivity contribution in [3.05, 3.63) is 52.7 Å². The van der Waals surface area contributed by atoms with E-state index in [9.17, 15) is 40.5 Å². The summed E-state index contributed by atoms with van der Waals surface area (Å²) in [6.45, 7) is 0.999. The average molecular weight is 563 g/mol. The molecule has 5 rings (SSSR count). The largest absolute Gasteiger partial charge is 0.507 e. The van der Waals surface area contributed by atoms with Crippen molar-refractivity contribution in [3.8, 4) is 28.6 Å². The Bertz CT molecular complexity index is 1390. The predicted octanol–water partition coefficient (Wildman–Crippen LogP) is -0.420. The summed E-state index contributed by atoms with van der Waals surface area (Å²) < 4.78 is 28.1. The van der Waals surface area contributed by atoms with Crippen LogP contribution in [0.1, 0.15) is 13.3 Å². The number of hydrogen-bond acceptors (Lipinski definition) is 13. The molecule has 2 aliphatic rings. The van der Waals surface area contributed by atoms with Gasteiger partial charge in [-0.05, 0) is 31.2 Å². The first kappa shape index (κ1) is 28.3. The van der Waals surface area contributed by atoms with Crippen molar-refractivity contribution >= 4 is 11.0 Å². The van der Waals surface area contributed by atoms with Crippen molar-refractivity contribution in [1.82, 2.24) is 0 Å². The number of aliphatic hydroxyl groups is 6. The molecule has 0 aliphatic carbocycles. The Hall–Kier alpha value is -3.27. The van der Waals surface area contributed by atoms with Crippen LogP contribution in [-0.2, 0) is 9.47 Å². The van der Waals surface area contributed by atoms with E-state index in [1.54, 1.807) is 12.1 Å². The number of phenolic OH excluding ortho intramolecular Hbond substituents is 1. The van der Waals surface area contributed by atoms with Crippen molar-refractivity contribution in [2.45, 2.75) is 68.7 Å². The number of aromatic hydroxyl groups is 1. The van der Waals surface area contributed by atoms with E-state index in [1.165, 1.54) is 37.3 Å². The lowest BCUT2D eigenvalue weighted by atomic mass is 10.00. The molecule has 9 atom stereocenters. The SMILES string of the molecule is C[C@H]1O[C@H](Oc2ccc(-c3cc(=O)c4c(O)cc(O[C@H]5C[C@@H](O)[C@H](O)[C@@H](CO)O5)cc4o3)cc2)[C@@H](O)[C@@H](O)[C@@H]1O. The molecule has 2 aliphatic heterocycles. The highest BCUT2D eigenvalue weighted by molar-refractivity contribution is 5.86. The number of phenols is 1. The second-order valence-electron chi connectivity index (χ2n) is 9.81. The third-order valence-electron chi connectivity index (χ3n) is 6.97. The monoisotopic (exact) mass is 562 g/mol. The minimum atomic E-state index is -1.48. The molecule has 3 aromatic rings. The van der Waals surface area contributed by atoms with Gasteiger partial charge in [0.05, 0.1) is 18.8 Å². The van der Waals surface area contributed by atoms with Gasteiger partial charge < -0.3 is 59.1 Å². The third kappa shape index (κ3) is 5.50. The topological polar surface area (TPSA) is 209 Å². The molecule has 13 nitrogen and oxygen atoms in total. The van der Waals surface area contributed by atoms with E-state index in [0.717, 1.165) is 0 Å². The van der Waals surface area contributed by atoms with E-state index in [0.29, 0.717) is 5.56 Å². The molecular formula is C27H30O13. The van der Waals surface area contributed by atoms with Gasteiger partial charge in [0.25, 0.3) is 0 Å². The van der Waals surface area contributed by atoms with E-state index in [1.807, 2.05) is 0 Å². The Morgan fingerprint density at radius 3 is 2.30 bits per heavy atom. The number of fused-ring (bicyclic) bond motifs is 1. The molecular weight excluding hydrogens is 532 g/mol. The van der Waals surface area contributed by atoms with Gasteiger partial charge in [-0.2, -0.15) is 0 Å². The first-order valence-electron chi connectivity index (χ1n) is 12.6. The maximum Gasteiger partial charge on any atom is 0.229 e. The van der Waals surface area contributed by atoms with Gasteiger partial charge in [0, 0.05) is 30.2 Å². The Morgan fingerprint density at radius 1 is 0.875 bits per heavy atom. The normalized spacial score (nSPS) is 32.6. The molecule has 3 heterocycles. The maximum absolute atomic E-state index is 12.8. The number of ether oxygens (including phenoxy) is 4. The van der Waals surface area contributed by atoms with Gasteiger partial charge >= 0.3 is 0 Å². The van der Waals surface area contributed by atoms with E-state index < -0.39 is 73.1 Å². The molecule has 0 bridgehead atoms. The fourth-order valence-corrected chi connectivity index (χ4v) is 4.69. The summed E-state index contributed by atoms with van der Waals surface area (Å²) >= 11 is 0. The van der Waals surface area contributed by atoms with Crippen LogP contribution in [0.3, 0.4) is 0 Å². The molecule has 13 heteroatoms. The van der Waals surface area contributed by atoms with Crippen LogP contribution in [0.2, 0.25) is 0 Å². The molecule has 216 valence electrons. The molecule has 2 aromatic carbocycles. The lowest BCUT2D eigenvalue weighted by Crippen LogP contribution is -2.58. The van der Waals surface area contributed by atoms with Gasteiger partial charge in [0.15, 0.2) is 5.43 Å². The van der Waals surface area contributed by atoms with Crippen LogP contribution in [0, 0.1) is 0 Å². The van der Waals surface area contributed by atoms with Crippen LogP contribution in [0.15, 0.2) is 51.7 Å². The molecule has 0 unspecified atom stereocenters. The van der Waals surface area contributed by atoms with Crippen LogP contribution >= 0.6 is 0 Å². The molecule has 0 saturated carbocycles. The number of hydrogen-bond donors (Lipinski definition) is 7. The highest BCUT2D eigenvalue weighted by Crippen LogP contribution is 2.34.